The number of hydrogen-bond acceptors (Lipinski definition) is 6. The highest BCUT2D eigenvalue weighted by atomic mass is 32.2. The third-order valence-corrected chi connectivity index (χ3v) is 7.68. The summed E-state index contributed by atoms with van der Waals surface area (Å²) in [5.41, 5.74) is 2.23. The number of rotatable bonds is 8. The number of hydrogen-bond donors (Lipinski definition) is 0. The Kier molecular flexibility index (Phi) is 7.95. The van der Waals surface area contributed by atoms with E-state index in [9.17, 15) is 13.2 Å². The Balaban J connectivity index is 1.47. The number of sulfonamides is 1. The zero-order valence-corrected chi connectivity index (χ0v) is 20.0. The summed E-state index contributed by atoms with van der Waals surface area (Å²) in [6.45, 7) is 5.35. The molecule has 0 saturated carbocycles. The fraction of sp³-hybridized carbons (Fsp3) is 0.417. The Morgan fingerprint density at radius 3 is 2.42 bits per heavy atom. The molecule has 0 N–H and O–H groups in total. The molecule has 0 radical (unpaired) electrons. The molecular formula is C24H29N3O5S. The average molecular weight is 472 g/mol. The molecule has 0 unspecified atom stereocenters. The lowest BCUT2D eigenvalue weighted by Gasteiger charge is -2.34. The van der Waals surface area contributed by atoms with Gasteiger partial charge in [0.15, 0.2) is 11.5 Å². The van der Waals surface area contributed by atoms with E-state index in [0.29, 0.717) is 54.5 Å². The molecule has 1 aliphatic heterocycles. The Labute approximate surface area is 195 Å². The second-order valence-electron chi connectivity index (χ2n) is 7.98. The summed E-state index contributed by atoms with van der Waals surface area (Å²) in [4.78, 5) is 14.6. The molecule has 176 valence electrons. The molecule has 0 bridgehead atoms. The van der Waals surface area contributed by atoms with Crippen molar-refractivity contribution in [2.24, 2.45) is 0 Å². The van der Waals surface area contributed by atoms with E-state index in [-0.39, 0.29) is 19.0 Å². The Bertz CT molecular complexity index is 1150. The zero-order valence-electron chi connectivity index (χ0n) is 19.2. The number of nitriles is 1. The molecule has 2 aromatic rings. The quantitative estimate of drug-likeness (QED) is 0.549. The van der Waals surface area contributed by atoms with Crippen molar-refractivity contribution < 1.29 is 22.7 Å². The minimum absolute atomic E-state index is 0.0195. The van der Waals surface area contributed by atoms with E-state index in [1.807, 2.05) is 19.1 Å². The topological polar surface area (TPSA) is 99.9 Å². The lowest BCUT2D eigenvalue weighted by molar-refractivity contribution is -0.132. The summed E-state index contributed by atoms with van der Waals surface area (Å²) in [5.74, 6) is 0.977. The normalized spacial score (nSPS) is 14.5. The molecule has 1 amide bonds. The van der Waals surface area contributed by atoms with Gasteiger partial charge in [-0.05, 0) is 44.0 Å². The van der Waals surface area contributed by atoms with Crippen LogP contribution in [-0.4, -0.2) is 63.4 Å². The smallest absolute Gasteiger partial charge is 0.243 e. The highest BCUT2D eigenvalue weighted by molar-refractivity contribution is 7.89. The molecule has 1 aliphatic rings. The van der Waals surface area contributed by atoms with Crippen molar-refractivity contribution in [1.29, 1.82) is 5.26 Å². The van der Waals surface area contributed by atoms with Crippen molar-refractivity contribution in [3.63, 3.8) is 0 Å². The van der Waals surface area contributed by atoms with Crippen LogP contribution in [0.2, 0.25) is 0 Å². The predicted molar refractivity (Wildman–Crippen MR) is 124 cm³/mol. The SMILES string of the molecule is COc1cc(C#N)ccc1OCCCC(=O)N1CCN(S(=O)(=O)c2ccc(C)cc2C)CC1. The van der Waals surface area contributed by atoms with Gasteiger partial charge >= 0.3 is 0 Å². The van der Waals surface area contributed by atoms with Gasteiger partial charge in [-0.15, -0.1) is 0 Å². The standard InChI is InChI=1S/C24H29N3O5S/c1-18-6-9-23(19(2)15-18)33(29,30)27-12-10-26(11-13-27)24(28)5-4-14-32-21-8-7-20(17-25)16-22(21)31-3/h6-9,15-16H,4-5,10-14H2,1-3H3. The van der Waals surface area contributed by atoms with E-state index in [2.05, 4.69) is 0 Å². The summed E-state index contributed by atoms with van der Waals surface area (Å²) in [5, 5.41) is 8.96. The molecule has 0 atom stereocenters. The number of nitrogens with zero attached hydrogens (tertiary/aromatic N) is 3. The first-order valence-electron chi connectivity index (χ1n) is 10.8. The molecule has 0 spiro atoms. The molecule has 1 saturated heterocycles. The number of aryl methyl sites for hydroxylation is 2. The maximum Gasteiger partial charge on any atom is 0.243 e. The van der Waals surface area contributed by atoms with Gasteiger partial charge in [-0.3, -0.25) is 4.79 Å². The van der Waals surface area contributed by atoms with Crippen LogP contribution in [0.3, 0.4) is 0 Å². The van der Waals surface area contributed by atoms with Crippen molar-refractivity contribution in [2.45, 2.75) is 31.6 Å². The second kappa shape index (κ2) is 10.7. The third kappa shape index (κ3) is 5.83. The minimum atomic E-state index is -3.58. The van der Waals surface area contributed by atoms with Crippen molar-refractivity contribution in [1.82, 2.24) is 9.21 Å². The molecule has 9 heteroatoms. The van der Waals surface area contributed by atoms with Gasteiger partial charge in [-0.1, -0.05) is 17.7 Å². The number of carbonyl (C=O) groups excluding carboxylic acids is 1. The molecule has 1 fully saturated rings. The van der Waals surface area contributed by atoms with E-state index < -0.39 is 10.0 Å². The Morgan fingerprint density at radius 1 is 1.06 bits per heavy atom. The average Bonchev–Trinajstić information content (AvgIpc) is 2.81. The van der Waals surface area contributed by atoms with Crippen LogP contribution in [0.1, 0.15) is 29.5 Å². The highest BCUT2D eigenvalue weighted by Gasteiger charge is 2.30. The number of ether oxygens (including phenoxy) is 2. The first-order chi connectivity index (χ1) is 15.8. The van der Waals surface area contributed by atoms with Crippen molar-refractivity contribution in [2.75, 3.05) is 39.9 Å². The molecular weight excluding hydrogens is 442 g/mol. The second-order valence-corrected chi connectivity index (χ2v) is 9.89. The van der Waals surface area contributed by atoms with Crippen molar-refractivity contribution in [3.8, 4) is 17.6 Å². The van der Waals surface area contributed by atoms with E-state index in [0.717, 1.165) is 11.1 Å². The van der Waals surface area contributed by atoms with Crippen LogP contribution in [0.5, 0.6) is 11.5 Å². The number of methoxy groups -OCH3 is 1. The summed E-state index contributed by atoms with van der Waals surface area (Å²) in [7, 11) is -2.07. The summed E-state index contributed by atoms with van der Waals surface area (Å²) >= 11 is 0. The number of piperazine rings is 1. The summed E-state index contributed by atoms with van der Waals surface area (Å²) in [6, 6.07) is 12.3. The van der Waals surface area contributed by atoms with Gasteiger partial charge in [0.1, 0.15) is 0 Å². The van der Waals surface area contributed by atoms with E-state index in [1.165, 1.54) is 11.4 Å². The lowest BCUT2D eigenvalue weighted by atomic mass is 10.2. The Morgan fingerprint density at radius 2 is 1.79 bits per heavy atom. The summed E-state index contributed by atoms with van der Waals surface area (Å²) < 4.78 is 38.4. The first-order valence-corrected chi connectivity index (χ1v) is 12.3. The largest absolute Gasteiger partial charge is 0.493 e. The molecule has 3 rings (SSSR count). The maximum atomic E-state index is 13.0. The molecule has 8 nitrogen and oxygen atoms in total. The predicted octanol–water partition coefficient (Wildman–Crippen LogP) is 2.88. The van der Waals surface area contributed by atoms with Gasteiger partial charge in [0.25, 0.3) is 0 Å². The molecule has 33 heavy (non-hydrogen) atoms. The fourth-order valence-corrected chi connectivity index (χ4v) is 5.45. The van der Waals surface area contributed by atoms with Crippen LogP contribution in [0.15, 0.2) is 41.3 Å². The van der Waals surface area contributed by atoms with E-state index in [4.69, 9.17) is 14.7 Å². The zero-order chi connectivity index (χ0) is 24.0. The van der Waals surface area contributed by atoms with Crippen LogP contribution in [0.4, 0.5) is 0 Å². The van der Waals surface area contributed by atoms with E-state index in [1.54, 1.807) is 42.2 Å². The van der Waals surface area contributed by atoms with Gasteiger partial charge in [0.2, 0.25) is 15.9 Å². The fourth-order valence-electron chi connectivity index (χ4n) is 3.83. The highest BCUT2D eigenvalue weighted by Crippen LogP contribution is 2.28. The van der Waals surface area contributed by atoms with Gasteiger partial charge in [-0.25, -0.2) is 8.42 Å². The van der Waals surface area contributed by atoms with Crippen LogP contribution >= 0.6 is 0 Å². The van der Waals surface area contributed by atoms with E-state index >= 15 is 0 Å². The van der Waals surface area contributed by atoms with Crippen LogP contribution in [0.25, 0.3) is 0 Å². The molecule has 1 heterocycles. The van der Waals surface area contributed by atoms with Gasteiger partial charge < -0.3 is 14.4 Å². The van der Waals surface area contributed by atoms with Gasteiger partial charge in [0, 0.05) is 38.7 Å². The monoisotopic (exact) mass is 471 g/mol. The number of benzene rings is 2. The molecule has 2 aromatic carbocycles. The van der Waals surface area contributed by atoms with Gasteiger partial charge in [0.05, 0.1) is 30.2 Å². The van der Waals surface area contributed by atoms with Gasteiger partial charge in [-0.2, -0.15) is 9.57 Å². The maximum absolute atomic E-state index is 13.0. The lowest BCUT2D eigenvalue weighted by Crippen LogP contribution is -2.50. The summed E-state index contributed by atoms with van der Waals surface area (Å²) in [6.07, 6.45) is 0.825. The van der Waals surface area contributed by atoms with Crippen molar-refractivity contribution in [3.05, 3.63) is 53.1 Å². The number of amides is 1. The minimum Gasteiger partial charge on any atom is -0.493 e. The van der Waals surface area contributed by atoms with Crippen molar-refractivity contribution >= 4 is 15.9 Å². The molecule has 0 aromatic heterocycles. The third-order valence-electron chi connectivity index (χ3n) is 5.62. The molecule has 0 aliphatic carbocycles. The number of carbonyl (C=O) groups is 1. The van der Waals surface area contributed by atoms with Crippen LogP contribution in [0, 0.1) is 25.2 Å². The van der Waals surface area contributed by atoms with Crippen LogP contribution < -0.4 is 9.47 Å². The Hall–Kier alpha value is -3.09. The van der Waals surface area contributed by atoms with Crippen LogP contribution in [-0.2, 0) is 14.8 Å². The first kappa shape index (κ1) is 24.6.